The van der Waals surface area contributed by atoms with E-state index in [2.05, 4.69) is 5.32 Å². The number of hydrogen-bond acceptors (Lipinski definition) is 5. The number of nitrogens with zero attached hydrogens (tertiary/aromatic N) is 2. The van der Waals surface area contributed by atoms with Gasteiger partial charge in [-0.2, -0.15) is 0 Å². The zero-order chi connectivity index (χ0) is 29.4. The Balaban J connectivity index is 1.67. The van der Waals surface area contributed by atoms with Crippen LogP contribution < -0.4 is 14.4 Å². The van der Waals surface area contributed by atoms with Gasteiger partial charge in [0, 0.05) is 12.6 Å². The van der Waals surface area contributed by atoms with Crippen LogP contribution in [-0.4, -0.2) is 50.4 Å². The van der Waals surface area contributed by atoms with Gasteiger partial charge in [0.25, 0.3) is 10.0 Å². The fourth-order valence-corrected chi connectivity index (χ4v) is 6.41. The first kappa shape index (κ1) is 30.1. The molecule has 2 amide bonds. The largest absolute Gasteiger partial charge is 0.494 e. The van der Waals surface area contributed by atoms with E-state index in [1.165, 1.54) is 17.0 Å². The van der Waals surface area contributed by atoms with Gasteiger partial charge in [0.2, 0.25) is 11.8 Å². The summed E-state index contributed by atoms with van der Waals surface area (Å²) in [5.41, 5.74) is 2.09. The number of anilines is 1. The molecular formula is C32H39N3O5S. The van der Waals surface area contributed by atoms with Crippen LogP contribution in [0, 0.1) is 6.92 Å². The van der Waals surface area contributed by atoms with Gasteiger partial charge < -0.3 is 15.0 Å². The lowest BCUT2D eigenvalue weighted by atomic mass is 10.1. The van der Waals surface area contributed by atoms with Crippen LogP contribution in [0.2, 0.25) is 0 Å². The average Bonchev–Trinajstić information content (AvgIpc) is 3.48. The minimum absolute atomic E-state index is 0.0754. The fraction of sp³-hybridized carbons (Fsp3) is 0.375. The van der Waals surface area contributed by atoms with Crippen molar-refractivity contribution in [2.24, 2.45) is 0 Å². The summed E-state index contributed by atoms with van der Waals surface area (Å²) in [5, 5.41) is 3.09. The van der Waals surface area contributed by atoms with Crippen molar-refractivity contribution in [1.29, 1.82) is 0 Å². The molecule has 1 fully saturated rings. The lowest BCUT2D eigenvalue weighted by Gasteiger charge is -2.32. The van der Waals surface area contributed by atoms with Crippen molar-refractivity contribution < 1.29 is 22.7 Å². The fourth-order valence-electron chi connectivity index (χ4n) is 5.00. The van der Waals surface area contributed by atoms with Crippen LogP contribution in [0.5, 0.6) is 5.75 Å². The van der Waals surface area contributed by atoms with Gasteiger partial charge >= 0.3 is 0 Å². The Morgan fingerprint density at radius 3 is 2.20 bits per heavy atom. The van der Waals surface area contributed by atoms with E-state index in [9.17, 15) is 18.0 Å². The highest BCUT2D eigenvalue weighted by atomic mass is 32.2. The normalized spacial score (nSPS) is 14.3. The molecule has 218 valence electrons. The van der Waals surface area contributed by atoms with Crippen LogP contribution in [0.1, 0.15) is 50.7 Å². The van der Waals surface area contributed by atoms with E-state index in [0.29, 0.717) is 18.0 Å². The third-order valence-electron chi connectivity index (χ3n) is 7.39. The second kappa shape index (κ2) is 13.7. The summed E-state index contributed by atoms with van der Waals surface area (Å²) in [6.07, 6.45) is 3.98. The number of aryl methyl sites for hydroxylation is 1. The van der Waals surface area contributed by atoms with Crippen LogP contribution in [-0.2, 0) is 26.2 Å². The molecule has 0 saturated heterocycles. The van der Waals surface area contributed by atoms with Gasteiger partial charge in [0.05, 0.1) is 17.2 Å². The van der Waals surface area contributed by atoms with Gasteiger partial charge in [0.1, 0.15) is 18.3 Å². The van der Waals surface area contributed by atoms with Crippen molar-refractivity contribution in [2.75, 3.05) is 17.5 Å². The molecule has 3 aromatic rings. The predicted octanol–water partition coefficient (Wildman–Crippen LogP) is 5.07. The Morgan fingerprint density at radius 2 is 1.59 bits per heavy atom. The Bertz CT molecular complexity index is 1400. The molecule has 1 atom stereocenters. The number of amides is 2. The molecule has 1 N–H and O–H groups in total. The standard InChI is InChI=1S/C32H39N3O5S/c1-4-40-29-18-16-28(17-19-29)35(41(38,39)30-20-14-24(2)15-21-30)23-31(36)34(22-26-10-6-5-7-11-26)25(3)32(37)33-27-12-8-9-13-27/h5-7,10-11,14-21,25,27H,4,8-9,12-13,22-23H2,1-3H3,(H,33,37)/t25-/m0/s1. The molecule has 0 spiro atoms. The Hall–Kier alpha value is -3.85. The summed E-state index contributed by atoms with van der Waals surface area (Å²) < 4.78 is 34.5. The van der Waals surface area contributed by atoms with Gasteiger partial charge in [-0.25, -0.2) is 8.42 Å². The SMILES string of the molecule is CCOc1ccc(N(CC(=O)N(Cc2ccccc2)[C@@H](C)C(=O)NC2CCCC2)S(=O)(=O)c2ccc(C)cc2)cc1. The maximum atomic E-state index is 14.0. The van der Waals surface area contributed by atoms with Crippen LogP contribution >= 0.6 is 0 Å². The van der Waals surface area contributed by atoms with Crippen molar-refractivity contribution in [3.63, 3.8) is 0 Å². The number of sulfonamides is 1. The second-order valence-corrected chi connectivity index (χ2v) is 12.3. The molecule has 4 rings (SSSR count). The zero-order valence-electron chi connectivity index (χ0n) is 24.0. The number of carbonyl (C=O) groups is 2. The molecule has 0 unspecified atom stereocenters. The van der Waals surface area contributed by atoms with E-state index in [-0.39, 0.29) is 23.4 Å². The smallest absolute Gasteiger partial charge is 0.264 e. The zero-order valence-corrected chi connectivity index (χ0v) is 24.8. The second-order valence-electron chi connectivity index (χ2n) is 10.4. The average molecular weight is 578 g/mol. The van der Waals surface area contributed by atoms with E-state index >= 15 is 0 Å². The highest BCUT2D eigenvalue weighted by Crippen LogP contribution is 2.27. The van der Waals surface area contributed by atoms with Gasteiger partial charge in [-0.1, -0.05) is 60.9 Å². The van der Waals surface area contributed by atoms with Gasteiger partial charge in [-0.3, -0.25) is 13.9 Å². The third-order valence-corrected chi connectivity index (χ3v) is 9.18. The van der Waals surface area contributed by atoms with Gasteiger partial charge in [0.15, 0.2) is 0 Å². The van der Waals surface area contributed by atoms with Crippen molar-refractivity contribution in [3.8, 4) is 5.75 Å². The first-order valence-corrected chi connectivity index (χ1v) is 15.6. The van der Waals surface area contributed by atoms with E-state index < -0.39 is 28.5 Å². The molecule has 0 bridgehead atoms. The lowest BCUT2D eigenvalue weighted by Crippen LogP contribution is -2.52. The summed E-state index contributed by atoms with van der Waals surface area (Å²) in [7, 11) is -4.12. The lowest BCUT2D eigenvalue weighted by molar-refractivity contribution is -0.139. The molecular weight excluding hydrogens is 538 g/mol. The molecule has 41 heavy (non-hydrogen) atoms. The molecule has 3 aromatic carbocycles. The number of ether oxygens (including phenoxy) is 1. The van der Waals surface area contributed by atoms with E-state index in [0.717, 1.165) is 41.1 Å². The molecule has 0 aromatic heterocycles. The maximum absolute atomic E-state index is 14.0. The van der Waals surface area contributed by atoms with E-state index in [1.54, 1.807) is 43.3 Å². The quantitative estimate of drug-likeness (QED) is 0.325. The molecule has 9 heteroatoms. The van der Waals surface area contributed by atoms with Crippen molar-refractivity contribution >= 4 is 27.5 Å². The predicted molar refractivity (Wildman–Crippen MR) is 160 cm³/mol. The number of carbonyl (C=O) groups excluding carboxylic acids is 2. The summed E-state index contributed by atoms with van der Waals surface area (Å²) in [4.78, 5) is 28.9. The minimum Gasteiger partial charge on any atom is -0.494 e. The number of hydrogen-bond donors (Lipinski definition) is 1. The van der Waals surface area contributed by atoms with E-state index in [4.69, 9.17) is 4.74 Å². The molecule has 8 nitrogen and oxygen atoms in total. The minimum atomic E-state index is -4.12. The van der Waals surface area contributed by atoms with Crippen LogP contribution in [0.4, 0.5) is 5.69 Å². The topological polar surface area (TPSA) is 96.0 Å². The van der Waals surface area contributed by atoms with Crippen molar-refractivity contribution in [1.82, 2.24) is 10.2 Å². The highest BCUT2D eigenvalue weighted by Gasteiger charge is 2.33. The molecule has 0 radical (unpaired) electrons. The van der Waals surface area contributed by atoms with Crippen LogP contribution in [0.25, 0.3) is 0 Å². The maximum Gasteiger partial charge on any atom is 0.264 e. The third kappa shape index (κ3) is 7.67. The van der Waals surface area contributed by atoms with Crippen LogP contribution in [0.3, 0.4) is 0 Å². The molecule has 0 heterocycles. The summed E-state index contributed by atoms with van der Waals surface area (Å²) in [5.74, 6) is -0.124. The van der Waals surface area contributed by atoms with Gasteiger partial charge in [-0.15, -0.1) is 0 Å². The van der Waals surface area contributed by atoms with Gasteiger partial charge in [-0.05, 0) is 75.6 Å². The first-order valence-electron chi connectivity index (χ1n) is 14.1. The summed E-state index contributed by atoms with van der Waals surface area (Å²) in [6.45, 7) is 5.60. The summed E-state index contributed by atoms with van der Waals surface area (Å²) >= 11 is 0. The number of nitrogens with one attached hydrogen (secondary N) is 1. The molecule has 1 saturated carbocycles. The Kier molecular flexibility index (Phi) is 10.0. The molecule has 1 aliphatic carbocycles. The van der Waals surface area contributed by atoms with Crippen molar-refractivity contribution in [3.05, 3.63) is 90.0 Å². The Labute approximate surface area is 243 Å². The number of rotatable bonds is 12. The highest BCUT2D eigenvalue weighted by molar-refractivity contribution is 7.92. The molecule has 1 aliphatic rings. The first-order chi connectivity index (χ1) is 19.7. The number of benzene rings is 3. The van der Waals surface area contributed by atoms with Crippen molar-refractivity contribution in [2.45, 2.75) is 70.0 Å². The van der Waals surface area contributed by atoms with E-state index in [1.807, 2.05) is 44.2 Å². The Morgan fingerprint density at radius 1 is 0.951 bits per heavy atom. The monoisotopic (exact) mass is 577 g/mol. The van der Waals surface area contributed by atoms with Crippen LogP contribution in [0.15, 0.2) is 83.8 Å². The summed E-state index contributed by atoms with van der Waals surface area (Å²) in [6, 6.07) is 21.8. The molecule has 0 aliphatic heterocycles.